The molecule has 4 aromatic rings. The van der Waals surface area contributed by atoms with Crippen molar-refractivity contribution in [3.8, 4) is 11.1 Å². The van der Waals surface area contributed by atoms with E-state index in [2.05, 4.69) is 16.0 Å². The Bertz CT molecular complexity index is 1170. The van der Waals surface area contributed by atoms with E-state index < -0.39 is 0 Å². The zero-order valence-electron chi connectivity index (χ0n) is 13.5. The van der Waals surface area contributed by atoms with Crippen LogP contribution in [0.3, 0.4) is 0 Å². The first-order valence-electron chi connectivity index (χ1n) is 8.37. The molecule has 0 amide bonds. The van der Waals surface area contributed by atoms with Crippen molar-refractivity contribution in [2.24, 2.45) is 0 Å². The van der Waals surface area contributed by atoms with Gasteiger partial charge < -0.3 is 10.3 Å². The number of fused-ring (bicyclic) bond motifs is 3. The molecule has 0 spiro atoms. The van der Waals surface area contributed by atoms with Gasteiger partial charge in [0.25, 0.3) is 5.56 Å². The summed E-state index contributed by atoms with van der Waals surface area (Å²) >= 11 is 0. The average Bonchev–Trinajstić information content (AvgIpc) is 3.46. The average molecular weight is 328 g/mol. The minimum atomic E-state index is 0.0575. The van der Waals surface area contributed by atoms with Crippen LogP contribution in [0.1, 0.15) is 18.9 Å². The summed E-state index contributed by atoms with van der Waals surface area (Å²) in [4.78, 5) is 21.2. The van der Waals surface area contributed by atoms with Gasteiger partial charge >= 0.3 is 0 Å². The van der Waals surface area contributed by atoms with Crippen LogP contribution in [0.25, 0.3) is 32.9 Å². The lowest BCUT2D eigenvalue weighted by Gasteiger charge is -2.12. The van der Waals surface area contributed by atoms with Gasteiger partial charge in [-0.25, -0.2) is 4.98 Å². The number of nitrogen functional groups attached to an aromatic ring is 1. The molecule has 2 N–H and O–H groups in total. The predicted molar refractivity (Wildman–Crippen MR) is 99.4 cm³/mol. The molecule has 3 aromatic heterocycles. The van der Waals surface area contributed by atoms with E-state index >= 15 is 0 Å². The molecule has 3 heterocycles. The van der Waals surface area contributed by atoms with Gasteiger partial charge in [0.15, 0.2) is 0 Å². The lowest BCUT2D eigenvalue weighted by atomic mass is 10.0. The molecule has 1 fully saturated rings. The maximum absolute atomic E-state index is 12.5. The Hall–Kier alpha value is -3.21. The summed E-state index contributed by atoms with van der Waals surface area (Å²) in [7, 11) is 0. The molecule has 0 unspecified atom stereocenters. The molecule has 0 bridgehead atoms. The monoisotopic (exact) mass is 328 g/mol. The third-order valence-corrected chi connectivity index (χ3v) is 4.78. The number of nitrogens with zero attached hydrogens (tertiary/aromatic N) is 3. The van der Waals surface area contributed by atoms with Gasteiger partial charge in [0.1, 0.15) is 5.82 Å². The SMILES string of the molecule is Nc1ccc(-c2ccc3ncc4ccc(=O)n(C5CC5)c4c3c2)cn1. The smallest absolute Gasteiger partial charge is 0.251 e. The molecule has 0 radical (unpaired) electrons. The van der Waals surface area contributed by atoms with E-state index in [4.69, 9.17) is 5.73 Å². The Labute approximate surface area is 143 Å². The van der Waals surface area contributed by atoms with Gasteiger partial charge in [0, 0.05) is 40.8 Å². The van der Waals surface area contributed by atoms with E-state index in [1.165, 1.54) is 0 Å². The quantitative estimate of drug-likeness (QED) is 0.571. The number of aromatic nitrogens is 3. The number of anilines is 1. The van der Waals surface area contributed by atoms with Crippen LogP contribution in [0.4, 0.5) is 5.82 Å². The second-order valence-corrected chi connectivity index (χ2v) is 6.54. The van der Waals surface area contributed by atoms with Crippen molar-refractivity contribution in [3.63, 3.8) is 0 Å². The highest BCUT2D eigenvalue weighted by Crippen LogP contribution is 2.37. The van der Waals surface area contributed by atoms with Crippen LogP contribution >= 0.6 is 0 Å². The molecule has 0 aliphatic heterocycles. The maximum atomic E-state index is 12.5. The Morgan fingerprint density at radius 1 is 0.960 bits per heavy atom. The van der Waals surface area contributed by atoms with E-state index in [1.54, 1.807) is 18.3 Å². The van der Waals surface area contributed by atoms with Crippen molar-refractivity contribution in [3.05, 3.63) is 65.2 Å². The van der Waals surface area contributed by atoms with Crippen LogP contribution in [-0.4, -0.2) is 14.5 Å². The molecule has 0 saturated heterocycles. The highest BCUT2D eigenvalue weighted by atomic mass is 16.1. The van der Waals surface area contributed by atoms with Crippen LogP contribution in [0.5, 0.6) is 0 Å². The first kappa shape index (κ1) is 14.2. The fraction of sp³-hybridized carbons (Fsp3) is 0.150. The van der Waals surface area contributed by atoms with Crippen molar-refractivity contribution < 1.29 is 0 Å². The summed E-state index contributed by atoms with van der Waals surface area (Å²) in [6.45, 7) is 0. The van der Waals surface area contributed by atoms with Crippen LogP contribution in [0, 0.1) is 0 Å². The number of rotatable bonds is 2. The zero-order valence-corrected chi connectivity index (χ0v) is 13.5. The van der Waals surface area contributed by atoms with E-state index in [9.17, 15) is 4.79 Å². The number of hydrogen-bond acceptors (Lipinski definition) is 4. The molecular weight excluding hydrogens is 312 g/mol. The van der Waals surface area contributed by atoms with Gasteiger partial charge in [-0.05, 0) is 48.7 Å². The Balaban J connectivity index is 1.85. The summed E-state index contributed by atoms with van der Waals surface area (Å²) in [6, 6.07) is 13.7. The normalized spacial score (nSPS) is 14.2. The van der Waals surface area contributed by atoms with Gasteiger partial charge in [0.05, 0.1) is 11.0 Å². The van der Waals surface area contributed by atoms with Gasteiger partial charge in [-0.15, -0.1) is 0 Å². The van der Waals surface area contributed by atoms with Gasteiger partial charge in [0.2, 0.25) is 0 Å². The molecule has 25 heavy (non-hydrogen) atoms. The molecule has 5 heteroatoms. The van der Waals surface area contributed by atoms with Gasteiger partial charge in [-0.1, -0.05) is 6.07 Å². The molecule has 0 atom stereocenters. The van der Waals surface area contributed by atoms with Crippen molar-refractivity contribution in [2.45, 2.75) is 18.9 Å². The maximum Gasteiger partial charge on any atom is 0.251 e. The summed E-state index contributed by atoms with van der Waals surface area (Å²) in [5.74, 6) is 0.499. The Kier molecular flexibility index (Phi) is 2.91. The fourth-order valence-corrected chi connectivity index (χ4v) is 3.39. The van der Waals surface area contributed by atoms with Crippen molar-refractivity contribution in [2.75, 3.05) is 5.73 Å². The topological polar surface area (TPSA) is 73.8 Å². The fourth-order valence-electron chi connectivity index (χ4n) is 3.39. The number of nitrogens with two attached hydrogens (primary N) is 1. The molecule has 1 saturated carbocycles. The summed E-state index contributed by atoms with van der Waals surface area (Å²) in [5.41, 5.74) is 9.64. The summed E-state index contributed by atoms with van der Waals surface area (Å²) in [5, 5.41) is 1.99. The Morgan fingerprint density at radius 3 is 2.56 bits per heavy atom. The highest BCUT2D eigenvalue weighted by Gasteiger charge is 2.26. The largest absolute Gasteiger partial charge is 0.384 e. The zero-order chi connectivity index (χ0) is 17.0. The van der Waals surface area contributed by atoms with Gasteiger partial charge in [-0.3, -0.25) is 9.78 Å². The first-order valence-corrected chi connectivity index (χ1v) is 8.37. The van der Waals surface area contributed by atoms with Crippen molar-refractivity contribution in [1.29, 1.82) is 0 Å². The molecule has 5 nitrogen and oxygen atoms in total. The standard InChI is InChI=1S/C20H16N4O/c21-18-7-2-13(10-23-18)12-1-6-17-16(9-12)20-14(11-22-17)3-8-19(25)24(20)15-4-5-15/h1-3,6-11,15H,4-5H2,(H2,21,23). The second kappa shape index (κ2) is 5.14. The van der Waals surface area contributed by atoms with E-state index in [1.807, 2.05) is 35.0 Å². The van der Waals surface area contributed by atoms with Crippen LogP contribution in [-0.2, 0) is 0 Å². The summed E-state index contributed by atoms with van der Waals surface area (Å²) < 4.78 is 1.93. The third kappa shape index (κ3) is 2.28. The molecule has 5 rings (SSSR count). The molecule has 1 aliphatic rings. The van der Waals surface area contributed by atoms with Gasteiger partial charge in [-0.2, -0.15) is 0 Å². The van der Waals surface area contributed by atoms with Crippen LogP contribution < -0.4 is 11.3 Å². The second-order valence-electron chi connectivity index (χ2n) is 6.54. The molecule has 1 aromatic carbocycles. The number of benzene rings is 1. The van der Waals surface area contributed by atoms with Crippen molar-refractivity contribution >= 4 is 27.6 Å². The van der Waals surface area contributed by atoms with Crippen molar-refractivity contribution in [1.82, 2.24) is 14.5 Å². The van der Waals surface area contributed by atoms with E-state index in [0.717, 1.165) is 45.8 Å². The third-order valence-electron chi connectivity index (χ3n) is 4.78. The minimum Gasteiger partial charge on any atom is -0.384 e. The lowest BCUT2D eigenvalue weighted by Crippen LogP contribution is -2.18. The molecule has 122 valence electrons. The van der Waals surface area contributed by atoms with E-state index in [0.29, 0.717) is 11.9 Å². The molecular formula is C20H16N4O. The molecule has 1 aliphatic carbocycles. The predicted octanol–water partition coefficient (Wildman–Crippen LogP) is 3.53. The number of pyridine rings is 3. The van der Waals surface area contributed by atoms with Crippen LogP contribution in [0.15, 0.2) is 59.7 Å². The minimum absolute atomic E-state index is 0.0575. The first-order chi connectivity index (χ1) is 12.2. The highest BCUT2D eigenvalue weighted by molar-refractivity contribution is 6.04. The van der Waals surface area contributed by atoms with Crippen LogP contribution in [0.2, 0.25) is 0 Å². The number of hydrogen-bond donors (Lipinski definition) is 1. The lowest BCUT2D eigenvalue weighted by molar-refractivity contribution is 0.741. The summed E-state index contributed by atoms with van der Waals surface area (Å²) in [6.07, 6.45) is 5.73. The van der Waals surface area contributed by atoms with E-state index in [-0.39, 0.29) is 5.56 Å². The Morgan fingerprint density at radius 2 is 1.80 bits per heavy atom.